The van der Waals surface area contributed by atoms with Crippen molar-refractivity contribution in [2.45, 2.75) is 6.42 Å². The summed E-state index contributed by atoms with van der Waals surface area (Å²) in [7, 11) is 1.89. The lowest BCUT2D eigenvalue weighted by molar-refractivity contribution is -0.137. The maximum atomic E-state index is 12.0. The second kappa shape index (κ2) is 3.98. The SMILES string of the molecule is CN1CCC2CN(c3ncccn3)CC2C1=O. The Kier molecular flexibility index (Phi) is 2.46. The Morgan fingerprint density at radius 2 is 2.06 bits per heavy atom. The van der Waals surface area contributed by atoms with Gasteiger partial charge in [0.1, 0.15) is 0 Å². The van der Waals surface area contributed by atoms with Crippen molar-refractivity contribution < 1.29 is 4.79 Å². The van der Waals surface area contributed by atoms with Crippen LogP contribution in [-0.4, -0.2) is 47.5 Å². The topological polar surface area (TPSA) is 49.3 Å². The molecule has 0 spiro atoms. The lowest BCUT2D eigenvalue weighted by Gasteiger charge is -2.30. The molecule has 17 heavy (non-hydrogen) atoms. The number of carbonyl (C=O) groups is 1. The average Bonchev–Trinajstić information content (AvgIpc) is 2.80. The number of likely N-dealkylation sites (tertiary alicyclic amines) is 1. The number of hydrogen-bond donors (Lipinski definition) is 0. The second-order valence-electron chi connectivity index (χ2n) is 4.87. The number of anilines is 1. The van der Waals surface area contributed by atoms with Crippen LogP contribution >= 0.6 is 0 Å². The molecule has 2 aliphatic rings. The van der Waals surface area contributed by atoms with Crippen molar-refractivity contribution in [2.24, 2.45) is 11.8 Å². The van der Waals surface area contributed by atoms with E-state index in [1.807, 2.05) is 18.0 Å². The molecule has 3 heterocycles. The van der Waals surface area contributed by atoms with E-state index in [1.165, 1.54) is 0 Å². The molecule has 1 amide bonds. The van der Waals surface area contributed by atoms with Crippen molar-refractivity contribution in [3.63, 3.8) is 0 Å². The normalized spacial score (nSPS) is 28.4. The van der Waals surface area contributed by atoms with Gasteiger partial charge in [-0.25, -0.2) is 9.97 Å². The second-order valence-corrected chi connectivity index (χ2v) is 4.87. The van der Waals surface area contributed by atoms with Gasteiger partial charge in [0, 0.05) is 39.1 Å². The van der Waals surface area contributed by atoms with E-state index in [2.05, 4.69) is 14.9 Å². The fraction of sp³-hybridized carbons (Fsp3) is 0.583. The van der Waals surface area contributed by atoms with Crippen LogP contribution < -0.4 is 4.90 Å². The van der Waals surface area contributed by atoms with Gasteiger partial charge in [-0.2, -0.15) is 0 Å². The van der Waals surface area contributed by atoms with E-state index >= 15 is 0 Å². The number of hydrogen-bond acceptors (Lipinski definition) is 4. The Balaban J connectivity index is 1.79. The van der Waals surface area contributed by atoms with Crippen molar-refractivity contribution >= 4 is 11.9 Å². The predicted molar refractivity (Wildman–Crippen MR) is 63.5 cm³/mol. The number of aromatic nitrogens is 2. The van der Waals surface area contributed by atoms with E-state index in [-0.39, 0.29) is 11.8 Å². The fourth-order valence-corrected chi connectivity index (χ4v) is 2.81. The smallest absolute Gasteiger partial charge is 0.227 e. The Labute approximate surface area is 100 Å². The molecule has 0 saturated carbocycles. The third-order valence-corrected chi connectivity index (χ3v) is 3.80. The molecule has 2 atom stereocenters. The Morgan fingerprint density at radius 3 is 2.82 bits per heavy atom. The van der Waals surface area contributed by atoms with Crippen molar-refractivity contribution in [1.82, 2.24) is 14.9 Å². The zero-order chi connectivity index (χ0) is 11.8. The molecule has 1 aromatic rings. The summed E-state index contributed by atoms with van der Waals surface area (Å²) >= 11 is 0. The Morgan fingerprint density at radius 1 is 1.29 bits per heavy atom. The van der Waals surface area contributed by atoms with E-state index < -0.39 is 0 Å². The number of piperidine rings is 1. The largest absolute Gasteiger partial charge is 0.345 e. The lowest BCUT2D eigenvalue weighted by Crippen LogP contribution is -2.42. The van der Waals surface area contributed by atoms with Gasteiger partial charge >= 0.3 is 0 Å². The van der Waals surface area contributed by atoms with E-state index in [0.717, 1.165) is 32.0 Å². The first-order chi connectivity index (χ1) is 8.25. The molecular formula is C12H16N4O. The third-order valence-electron chi connectivity index (χ3n) is 3.80. The molecule has 0 aromatic carbocycles. The zero-order valence-electron chi connectivity index (χ0n) is 9.91. The van der Waals surface area contributed by atoms with Gasteiger partial charge in [-0.3, -0.25) is 4.79 Å². The van der Waals surface area contributed by atoms with Crippen LogP contribution in [0.2, 0.25) is 0 Å². The van der Waals surface area contributed by atoms with E-state index in [4.69, 9.17) is 0 Å². The lowest BCUT2D eigenvalue weighted by atomic mass is 9.88. The number of carbonyl (C=O) groups excluding carboxylic acids is 1. The highest BCUT2D eigenvalue weighted by Crippen LogP contribution is 2.32. The zero-order valence-corrected chi connectivity index (χ0v) is 9.91. The van der Waals surface area contributed by atoms with Crippen molar-refractivity contribution in [2.75, 3.05) is 31.6 Å². The van der Waals surface area contributed by atoms with Gasteiger partial charge in [-0.05, 0) is 18.4 Å². The first kappa shape index (κ1) is 10.5. The summed E-state index contributed by atoms with van der Waals surface area (Å²) in [5.74, 6) is 1.64. The molecule has 2 fully saturated rings. The molecule has 1 aromatic heterocycles. The highest BCUT2D eigenvalue weighted by molar-refractivity contribution is 5.81. The maximum absolute atomic E-state index is 12.0. The third kappa shape index (κ3) is 1.75. The molecular weight excluding hydrogens is 216 g/mol. The number of rotatable bonds is 1. The van der Waals surface area contributed by atoms with Crippen LogP contribution in [0.25, 0.3) is 0 Å². The first-order valence-electron chi connectivity index (χ1n) is 6.02. The number of nitrogens with zero attached hydrogens (tertiary/aromatic N) is 4. The molecule has 2 aliphatic heterocycles. The first-order valence-corrected chi connectivity index (χ1v) is 6.02. The maximum Gasteiger partial charge on any atom is 0.227 e. The molecule has 2 unspecified atom stereocenters. The van der Waals surface area contributed by atoms with Gasteiger partial charge in [-0.15, -0.1) is 0 Å². The van der Waals surface area contributed by atoms with E-state index in [0.29, 0.717) is 5.92 Å². The molecule has 5 nitrogen and oxygen atoms in total. The van der Waals surface area contributed by atoms with Crippen LogP contribution in [0.1, 0.15) is 6.42 Å². The van der Waals surface area contributed by atoms with Crippen LogP contribution in [0.3, 0.4) is 0 Å². The summed E-state index contributed by atoms with van der Waals surface area (Å²) in [6.45, 7) is 2.55. The van der Waals surface area contributed by atoms with E-state index in [9.17, 15) is 4.79 Å². The molecule has 3 rings (SSSR count). The average molecular weight is 232 g/mol. The minimum absolute atomic E-state index is 0.137. The Hall–Kier alpha value is -1.65. The molecule has 0 N–H and O–H groups in total. The van der Waals surface area contributed by atoms with Crippen molar-refractivity contribution in [1.29, 1.82) is 0 Å². The van der Waals surface area contributed by atoms with Gasteiger partial charge < -0.3 is 9.80 Å². The van der Waals surface area contributed by atoms with Crippen LogP contribution in [-0.2, 0) is 4.79 Å². The Bertz CT molecular complexity index is 422. The van der Waals surface area contributed by atoms with Gasteiger partial charge in [0.15, 0.2) is 0 Å². The van der Waals surface area contributed by atoms with Gasteiger partial charge in [0.2, 0.25) is 11.9 Å². The number of amides is 1. The summed E-state index contributed by atoms with van der Waals surface area (Å²) in [4.78, 5) is 24.5. The summed E-state index contributed by atoms with van der Waals surface area (Å²) in [6, 6.07) is 1.81. The molecule has 5 heteroatoms. The van der Waals surface area contributed by atoms with Crippen LogP contribution in [0, 0.1) is 11.8 Å². The molecule has 0 radical (unpaired) electrons. The van der Waals surface area contributed by atoms with Crippen molar-refractivity contribution in [3.8, 4) is 0 Å². The molecule has 2 saturated heterocycles. The van der Waals surface area contributed by atoms with Crippen LogP contribution in [0.15, 0.2) is 18.5 Å². The summed E-state index contributed by atoms with van der Waals surface area (Å²) in [5.41, 5.74) is 0. The summed E-state index contributed by atoms with van der Waals surface area (Å²) in [6.07, 6.45) is 4.59. The summed E-state index contributed by atoms with van der Waals surface area (Å²) < 4.78 is 0. The minimum atomic E-state index is 0.137. The van der Waals surface area contributed by atoms with Gasteiger partial charge in [0.25, 0.3) is 0 Å². The standard InChI is InChI=1S/C12H16N4O/c1-15-6-3-9-7-16(8-10(9)11(15)17)12-13-4-2-5-14-12/h2,4-5,9-10H,3,6-8H2,1H3. The molecule has 90 valence electrons. The number of fused-ring (bicyclic) bond motifs is 1. The highest BCUT2D eigenvalue weighted by atomic mass is 16.2. The monoisotopic (exact) mass is 232 g/mol. The molecule has 0 aliphatic carbocycles. The van der Waals surface area contributed by atoms with Crippen LogP contribution in [0.4, 0.5) is 5.95 Å². The summed E-state index contributed by atoms with van der Waals surface area (Å²) in [5, 5.41) is 0. The highest BCUT2D eigenvalue weighted by Gasteiger charge is 2.42. The fourth-order valence-electron chi connectivity index (χ4n) is 2.81. The van der Waals surface area contributed by atoms with Crippen molar-refractivity contribution in [3.05, 3.63) is 18.5 Å². The minimum Gasteiger partial charge on any atom is -0.345 e. The quantitative estimate of drug-likeness (QED) is 0.703. The van der Waals surface area contributed by atoms with Crippen LogP contribution in [0.5, 0.6) is 0 Å². The molecule has 0 bridgehead atoms. The van der Waals surface area contributed by atoms with Gasteiger partial charge in [0.05, 0.1) is 5.92 Å². The van der Waals surface area contributed by atoms with E-state index in [1.54, 1.807) is 12.4 Å². The van der Waals surface area contributed by atoms with Gasteiger partial charge in [-0.1, -0.05) is 0 Å². The predicted octanol–water partition coefficient (Wildman–Crippen LogP) is 0.391.